The minimum Gasteiger partial charge on any atom is -0.342 e. The predicted octanol–water partition coefficient (Wildman–Crippen LogP) is 1.90. The molecule has 1 heterocycles. The van der Waals surface area contributed by atoms with Gasteiger partial charge in [-0.15, -0.1) is 0 Å². The van der Waals surface area contributed by atoms with Crippen molar-refractivity contribution in [2.45, 2.75) is 13.8 Å². The SMILES string of the molecule is CCN(CC)C(=O)CN1CCN(CC(=O)Nc2ccc(F)c(Cl)c2)CC1. The number of rotatable bonds is 7. The fourth-order valence-electron chi connectivity index (χ4n) is 2.95. The Morgan fingerprint density at radius 1 is 1.12 bits per heavy atom. The number of halogens is 2. The standard InChI is InChI=1S/C18H26ClFN4O2/c1-3-24(4-2)18(26)13-23-9-7-22(8-10-23)12-17(25)21-14-5-6-16(20)15(19)11-14/h5-6,11H,3-4,7-10,12-13H2,1-2H3,(H,21,25). The Morgan fingerprint density at radius 3 is 2.23 bits per heavy atom. The Bertz CT molecular complexity index is 632. The van der Waals surface area contributed by atoms with E-state index in [1.54, 1.807) is 0 Å². The van der Waals surface area contributed by atoms with Crippen molar-refractivity contribution in [3.8, 4) is 0 Å². The molecule has 6 nitrogen and oxygen atoms in total. The molecule has 2 rings (SSSR count). The second-order valence-electron chi connectivity index (χ2n) is 6.30. The number of anilines is 1. The van der Waals surface area contributed by atoms with Gasteiger partial charge in [0.05, 0.1) is 18.1 Å². The highest BCUT2D eigenvalue weighted by molar-refractivity contribution is 6.31. The third-order valence-corrected chi connectivity index (χ3v) is 4.80. The highest BCUT2D eigenvalue weighted by Gasteiger charge is 2.22. The number of hydrogen-bond acceptors (Lipinski definition) is 4. The van der Waals surface area contributed by atoms with E-state index < -0.39 is 5.82 Å². The van der Waals surface area contributed by atoms with Crippen LogP contribution in [-0.4, -0.2) is 78.9 Å². The first-order chi connectivity index (χ1) is 12.4. The Labute approximate surface area is 158 Å². The fraction of sp³-hybridized carbons (Fsp3) is 0.556. The molecule has 1 N–H and O–H groups in total. The summed E-state index contributed by atoms with van der Waals surface area (Å²) >= 11 is 5.72. The zero-order valence-electron chi connectivity index (χ0n) is 15.3. The van der Waals surface area contributed by atoms with Crippen LogP contribution in [0.4, 0.5) is 10.1 Å². The lowest BCUT2D eigenvalue weighted by Crippen LogP contribution is -2.51. The van der Waals surface area contributed by atoms with E-state index in [1.165, 1.54) is 18.2 Å². The molecule has 0 unspecified atom stereocenters. The summed E-state index contributed by atoms with van der Waals surface area (Å²) in [5, 5.41) is 2.71. The van der Waals surface area contributed by atoms with Gasteiger partial charge in [-0.3, -0.25) is 19.4 Å². The highest BCUT2D eigenvalue weighted by atomic mass is 35.5. The van der Waals surface area contributed by atoms with Gasteiger partial charge in [0, 0.05) is 45.0 Å². The molecule has 1 saturated heterocycles. The summed E-state index contributed by atoms with van der Waals surface area (Å²) in [5.74, 6) is -0.533. The molecule has 1 aromatic rings. The molecule has 0 aliphatic carbocycles. The molecule has 1 aromatic carbocycles. The molecule has 2 amide bonds. The first-order valence-corrected chi connectivity index (χ1v) is 9.28. The van der Waals surface area contributed by atoms with Crippen molar-refractivity contribution in [2.75, 3.05) is 57.7 Å². The number of likely N-dealkylation sites (N-methyl/N-ethyl adjacent to an activating group) is 1. The van der Waals surface area contributed by atoms with Crippen molar-refractivity contribution >= 4 is 29.1 Å². The van der Waals surface area contributed by atoms with Crippen molar-refractivity contribution in [1.82, 2.24) is 14.7 Å². The van der Waals surface area contributed by atoms with Crippen LogP contribution in [0.25, 0.3) is 0 Å². The van der Waals surface area contributed by atoms with E-state index in [-0.39, 0.29) is 23.4 Å². The smallest absolute Gasteiger partial charge is 0.238 e. The topological polar surface area (TPSA) is 55.9 Å². The van der Waals surface area contributed by atoms with E-state index in [1.807, 2.05) is 23.6 Å². The van der Waals surface area contributed by atoms with E-state index in [4.69, 9.17) is 11.6 Å². The van der Waals surface area contributed by atoms with Crippen LogP contribution < -0.4 is 5.32 Å². The Morgan fingerprint density at radius 2 is 1.69 bits per heavy atom. The van der Waals surface area contributed by atoms with Crippen molar-refractivity contribution in [2.24, 2.45) is 0 Å². The lowest BCUT2D eigenvalue weighted by Gasteiger charge is -2.34. The molecule has 0 saturated carbocycles. The van der Waals surface area contributed by atoms with Gasteiger partial charge in [0.2, 0.25) is 11.8 Å². The van der Waals surface area contributed by atoms with Crippen LogP contribution in [-0.2, 0) is 9.59 Å². The lowest BCUT2D eigenvalue weighted by atomic mass is 10.3. The lowest BCUT2D eigenvalue weighted by molar-refractivity contribution is -0.132. The summed E-state index contributed by atoms with van der Waals surface area (Å²) < 4.78 is 13.1. The monoisotopic (exact) mass is 384 g/mol. The molecule has 0 bridgehead atoms. The van der Waals surface area contributed by atoms with Gasteiger partial charge in [0.1, 0.15) is 5.82 Å². The van der Waals surface area contributed by atoms with Crippen molar-refractivity contribution in [3.05, 3.63) is 29.0 Å². The molecule has 26 heavy (non-hydrogen) atoms. The van der Waals surface area contributed by atoms with Crippen LogP contribution >= 0.6 is 11.6 Å². The van der Waals surface area contributed by atoms with Gasteiger partial charge in [0.15, 0.2) is 0 Å². The zero-order valence-corrected chi connectivity index (χ0v) is 16.1. The molecular formula is C18H26ClFN4O2. The summed E-state index contributed by atoms with van der Waals surface area (Å²) in [7, 11) is 0. The Balaban J connectivity index is 1.75. The van der Waals surface area contributed by atoms with Crippen LogP contribution in [0.3, 0.4) is 0 Å². The summed E-state index contributed by atoms with van der Waals surface area (Å²) in [6.45, 7) is 9.05. The molecule has 0 radical (unpaired) electrons. The van der Waals surface area contributed by atoms with Crippen LogP contribution in [0.1, 0.15) is 13.8 Å². The molecule has 0 atom stereocenters. The fourth-order valence-corrected chi connectivity index (χ4v) is 3.13. The minimum absolute atomic E-state index is 0.0192. The van der Waals surface area contributed by atoms with Crippen LogP contribution in [0, 0.1) is 5.82 Å². The van der Waals surface area contributed by atoms with Crippen LogP contribution in [0.2, 0.25) is 5.02 Å². The molecule has 1 aliphatic heterocycles. The van der Waals surface area contributed by atoms with Gasteiger partial charge < -0.3 is 10.2 Å². The molecule has 0 aromatic heterocycles. The Kier molecular flexibility index (Phi) is 7.81. The number of piperazine rings is 1. The highest BCUT2D eigenvalue weighted by Crippen LogP contribution is 2.19. The zero-order chi connectivity index (χ0) is 19.1. The average Bonchev–Trinajstić information content (AvgIpc) is 2.61. The van der Waals surface area contributed by atoms with Gasteiger partial charge in [-0.1, -0.05) is 11.6 Å². The van der Waals surface area contributed by atoms with Crippen molar-refractivity contribution < 1.29 is 14.0 Å². The molecule has 144 valence electrons. The molecule has 1 fully saturated rings. The molecule has 0 spiro atoms. The molecule has 8 heteroatoms. The van der Waals surface area contributed by atoms with Gasteiger partial charge >= 0.3 is 0 Å². The van der Waals surface area contributed by atoms with E-state index >= 15 is 0 Å². The maximum Gasteiger partial charge on any atom is 0.238 e. The summed E-state index contributed by atoms with van der Waals surface area (Å²) in [6.07, 6.45) is 0. The quantitative estimate of drug-likeness (QED) is 0.780. The first kappa shape index (κ1) is 20.6. The summed E-state index contributed by atoms with van der Waals surface area (Å²) in [4.78, 5) is 30.3. The second-order valence-corrected chi connectivity index (χ2v) is 6.70. The Hall–Kier alpha value is -1.70. The molecular weight excluding hydrogens is 359 g/mol. The van der Waals surface area contributed by atoms with Crippen LogP contribution in [0.5, 0.6) is 0 Å². The minimum atomic E-state index is -0.514. The van der Waals surface area contributed by atoms with E-state index in [0.29, 0.717) is 12.2 Å². The van der Waals surface area contributed by atoms with Crippen LogP contribution in [0.15, 0.2) is 18.2 Å². The third kappa shape index (κ3) is 5.93. The number of carbonyl (C=O) groups is 2. The predicted molar refractivity (Wildman–Crippen MR) is 101 cm³/mol. The maximum absolute atomic E-state index is 13.1. The van der Waals surface area contributed by atoms with Gasteiger partial charge in [-0.05, 0) is 32.0 Å². The number of benzene rings is 1. The summed E-state index contributed by atoms with van der Waals surface area (Å²) in [6, 6.07) is 4.10. The number of amides is 2. The largest absolute Gasteiger partial charge is 0.342 e. The summed E-state index contributed by atoms with van der Waals surface area (Å²) in [5.41, 5.74) is 0.477. The first-order valence-electron chi connectivity index (χ1n) is 8.90. The van der Waals surface area contributed by atoms with E-state index in [2.05, 4.69) is 10.2 Å². The van der Waals surface area contributed by atoms with Gasteiger partial charge in [0.25, 0.3) is 0 Å². The second kappa shape index (κ2) is 9.85. The number of nitrogens with one attached hydrogen (secondary N) is 1. The van der Waals surface area contributed by atoms with Crippen molar-refractivity contribution in [3.63, 3.8) is 0 Å². The average molecular weight is 385 g/mol. The number of hydrogen-bond donors (Lipinski definition) is 1. The normalized spacial score (nSPS) is 15.7. The number of nitrogens with zero attached hydrogens (tertiary/aromatic N) is 3. The van der Waals surface area contributed by atoms with Crippen molar-refractivity contribution in [1.29, 1.82) is 0 Å². The van der Waals surface area contributed by atoms with E-state index in [9.17, 15) is 14.0 Å². The molecule has 1 aliphatic rings. The van der Waals surface area contributed by atoms with Gasteiger partial charge in [-0.25, -0.2) is 4.39 Å². The van der Waals surface area contributed by atoms with E-state index in [0.717, 1.165) is 39.3 Å². The maximum atomic E-state index is 13.1. The van der Waals surface area contributed by atoms with Gasteiger partial charge in [-0.2, -0.15) is 0 Å². The number of carbonyl (C=O) groups excluding carboxylic acids is 2. The third-order valence-electron chi connectivity index (χ3n) is 4.51.